The summed E-state index contributed by atoms with van der Waals surface area (Å²) in [5, 5.41) is 0. The zero-order valence-electron chi connectivity index (χ0n) is 12.0. The number of hydrogen-bond donors (Lipinski definition) is 0. The van der Waals surface area contributed by atoms with E-state index in [9.17, 15) is 0 Å². The zero-order valence-corrected chi connectivity index (χ0v) is 12.0. The molecular formula is C14H29N3. The summed E-state index contributed by atoms with van der Waals surface area (Å²) in [7, 11) is 4.34. The Morgan fingerprint density at radius 1 is 1.29 bits per heavy atom. The van der Waals surface area contributed by atoms with Crippen LogP contribution in [0.25, 0.3) is 0 Å². The van der Waals surface area contributed by atoms with Crippen molar-refractivity contribution in [3.05, 3.63) is 0 Å². The van der Waals surface area contributed by atoms with Crippen LogP contribution in [-0.4, -0.2) is 73.1 Å². The second-order valence-electron chi connectivity index (χ2n) is 6.28. The topological polar surface area (TPSA) is 9.72 Å². The van der Waals surface area contributed by atoms with Crippen LogP contribution in [0, 0.1) is 0 Å². The van der Waals surface area contributed by atoms with E-state index in [1.54, 1.807) is 0 Å². The summed E-state index contributed by atoms with van der Waals surface area (Å²) >= 11 is 0. The van der Waals surface area contributed by atoms with Crippen molar-refractivity contribution >= 4 is 0 Å². The summed E-state index contributed by atoms with van der Waals surface area (Å²) < 4.78 is 0. The third kappa shape index (κ3) is 3.21. The minimum Gasteiger partial charge on any atom is -0.309 e. The fraction of sp³-hybridized carbons (Fsp3) is 1.00. The molecule has 17 heavy (non-hydrogen) atoms. The first-order valence-corrected chi connectivity index (χ1v) is 7.22. The SMILES string of the molecule is CC(CCN(C)C)N1CC2CCCN2CC1C. The summed E-state index contributed by atoms with van der Waals surface area (Å²) in [6, 6.07) is 2.32. The molecule has 2 aliphatic heterocycles. The van der Waals surface area contributed by atoms with E-state index in [0.29, 0.717) is 0 Å². The van der Waals surface area contributed by atoms with Gasteiger partial charge in [-0.3, -0.25) is 9.80 Å². The van der Waals surface area contributed by atoms with E-state index in [0.717, 1.165) is 18.1 Å². The predicted molar refractivity (Wildman–Crippen MR) is 73.4 cm³/mol. The highest BCUT2D eigenvalue weighted by Crippen LogP contribution is 2.26. The number of rotatable bonds is 4. The van der Waals surface area contributed by atoms with E-state index < -0.39 is 0 Å². The second-order valence-corrected chi connectivity index (χ2v) is 6.28. The molecule has 3 nitrogen and oxygen atoms in total. The summed E-state index contributed by atoms with van der Waals surface area (Å²) in [5.74, 6) is 0. The highest BCUT2D eigenvalue weighted by molar-refractivity contribution is 4.92. The van der Waals surface area contributed by atoms with Crippen molar-refractivity contribution in [3.8, 4) is 0 Å². The minimum atomic E-state index is 0.732. The Morgan fingerprint density at radius 3 is 2.76 bits per heavy atom. The molecule has 0 aromatic rings. The van der Waals surface area contributed by atoms with Crippen LogP contribution in [0.2, 0.25) is 0 Å². The van der Waals surface area contributed by atoms with E-state index in [1.165, 1.54) is 45.4 Å². The van der Waals surface area contributed by atoms with Gasteiger partial charge in [0.2, 0.25) is 0 Å². The Bertz CT molecular complexity index is 242. The lowest BCUT2D eigenvalue weighted by molar-refractivity contribution is 0.0288. The van der Waals surface area contributed by atoms with Gasteiger partial charge in [-0.2, -0.15) is 0 Å². The quantitative estimate of drug-likeness (QED) is 0.736. The van der Waals surface area contributed by atoms with Gasteiger partial charge >= 0.3 is 0 Å². The third-order valence-electron chi connectivity index (χ3n) is 4.55. The molecule has 0 N–H and O–H groups in total. The van der Waals surface area contributed by atoms with E-state index in [2.05, 4.69) is 42.6 Å². The van der Waals surface area contributed by atoms with Gasteiger partial charge < -0.3 is 4.90 Å². The average molecular weight is 239 g/mol. The predicted octanol–water partition coefficient (Wildman–Crippen LogP) is 1.50. The van der Waals surface area contributed by atoms with Crippen molar-refractivity contribution in [2.75, 3.05) is 40.3 Å². The van der Waals surface area contributed by atoms with Crippen LogP contribution in [0.3, 0.4) is 0 Å². The molecule has 2 aliphatic rings. The summed E-state index contributed by atoms with van der Waals surface area (Å²) in [6.45, 7) is 9.95. The van der Waals surface area contributed by atoms with Crippen molar-refractivity contribution in [2.45, 2.75) is 51.2 Å². The van der Waals surface area contributed by atoms with Crippen molar-refractivity contribution in [2.24, 2.45) is 0 Å². The molecule has 100 valence electrons. The summed E-state index contributed by atoms with van der Waals surface area (Å²) in [6.07, 6.45) is 4.13. The first-order chi connectivity index (χ1) is 8.08. The molecule has 2 fully saturated rings. The molecule has 0 aromatic carbocycles. The summed E-state index contributed by atoms with van der Waals surface area (Å²) in [4.78, 5) is 7.75. The zero-order chi connectivity index (χ0) is 12.4. The normalized spacial score (nSPS) is 33.0. The Morgan fingerprint density at radius 2 is 2.06 bits per heavy atom. The molecule has 0 radical (unpaired) electrons. The Kier molecular flexibility index (Phi) is 4.45. The van der Waals surface area contributed by atoms with Gasteiger partial charge in [-0.1, -0.05) is 0 Å². The van der Waals surface area contributed by atoms with Gasteiger partial charge in [-0.25, -0.2) is 0 Å². The lowest BCUT2D eigenvalue weighted by atomic mass is 10.0. The molecule has 0 spiro atoms. The lowest BCUT2D eigenvalue weighted by Crippen LogP contribution is -2.57. The molecule has 3 unspecified atom stereocenters. The number of fused-ring (bicyclic) bond motifs is 1. The van der Waals surface area contributed by atoms with Gasteiger partial charge in [0.25, 0.3) is 0 Å². The van der Waals surface area contributed by atoms with E-state index in [-0.39, 0.29) is 0 Å². The second kappa shape index (κ2) is 5.68. The van der Waals surface area contributed by atoms with Gasteiger partial charge in [-0.05, 0) is 60.3 Å². The standard InChI is InChI=1S/C14H29N3/c1-12(7-9-15(3)4)17-11-14-6-5-8-16(14)10-13(17)2/h12-14H,5-11H2,1-4H3. The number of hydrogen-bond acceptors (Lipinski definition) is 3. The summed E-state index contributed by atoms with van der Waals surface area (Å²) in [5.41, 5.74) is 0. The highest BCUT2D eigenvalue weighted by Gasteiger charge is 2.35. The Balaban J connectivity index is 1.86. The van der Waals surface area contributed by atoms with Crippen LogP contribution in [0.5, 0.6) is 0 Å². The van der Waals surface area contributed by atoms with Gasteiger partial charge in [0.05, 0.1) is 0 Å². The molecule has 2 rings (SSSR count). The minimum absolute atomic E-state index is 0.732. The maximum absolute atomic E-state index is 2.75. The average Bonchev–Trinajstić information content (AvgIpc) is 2.71. The van der Waals surface area contributed by atoms with Gasteiger partial charge in [0.15, 0.2) is 0 Å². The Hall–Kier alpha value is -0.120. The van der Waals surface area contributed by atoms with Crippen molar-refractivity contribution in [3.63, 3.8) is 0 Å². The molecule has 3 atom stereocenters. The van der Waals surface area contributed by atoms with Gasteiger partial charge in [0.1, 0.15) is 0 Å². The lowest BCUT2D eigenvalue weighted by Gasteiger charge is -2.45. The maximum Gasteiger partial charge on any atom is 0.0224 e. The number of piperazine rings is 1. The first-order valence-electron chi connectivity index (χ1n) is 7.22. The molecule has 3 heteroatoms. The molecule has 0 aliphatic carbocycles. The molecule has 2 heterocycles. The van der Waals surface area contributed by atoms with Crippen LogP contribution in [0.4, 0.5) is 0 Å². The third-order valence-corrected chi connectivity index (χ3v) is 4.55. The first kappa shape index (κ1) is 13.3. The molecule has 0 saturated carbocycles. The fourth-order valence-corrected chi connectivity index (χ4v) is 3.44. The fourth-order valence-electron chi connectivity index (χ4n) is 3.44. The van der Waals surface area contributed by atoms with Crippen LogP contribution >= 0.6 is 0 Å². The van der Waals surface area contributed by atoms with E-state index in [4.69, 9.17) is 0 Å². The largest absolute Gasteiger partial charge is 0.309 e. The van der Waals surface area contributed by atoms with E-state index in [1.807, 2.05) is 0 Å². The van der Waals surface area contributed by atoms with Crippen molar-refractivity contribution in [1.82, 2.24) is 14.7 Å². The van der Waals surface area contributed by atoms with Gasteiger partial charge in [0, 0.05) is 31.2 Å². The van der Waals surface area contributed by atoms with Gasteiger partial charge in [-0.15, -0.1) is 0 Å². The van der Waals surface area contributed by atoms with Crippen LogP contribution in [0.1, 0.15) is 33.1 Å². The van der Waals surface area contributed by atoms with E-state index >= 15 is 0 Å². The number of nitrogens with zero attached hydrogens (tertiary/aromatic N) is 3. The van der Waals surface area contributed by atoms with Crippen molar-refractivity contribution < 1.29 is 0 Å². The molecule has 2 saturated heterocycles. The van der Waals surface area contributed by atoms with Crippen molar-refractivity contribution in [1.29, 1.82) is 0 Å². The molecular weight excluding hydrogens is 210 g/mol. The monoisotopic (exact) mass is 239 g/mol. The maximum atomic E-state index is 2.75. The van der Waals surface area contributed by atoms with Crippen LogP contribution in [-0.2, 0) is 0 Å². The molecule has 0 bridgehead atoms. The smallest absolute Gasteiger partial charge is 0.0224 e. The highest BCUT2D eigenvalue weighted by atomic mass is 15.3. The Labute approximate surface area is 107 Å². The molecule has 0 amide bonds. The molecule has 0 aromatic heterocycles. The van der Waals surface area contributed by atoms with Crippen LogP contribution < -0.4 is 0 Å². The van der Waals surface area contributed by atoms with Crippen LogP contribution in [0.15, 0.2) is 0 Å².